The van der Waals surface area contributed by atoms with Gasteiger partial charge in [-0.3, -0.25) is 14.5 Å². The van der Waals surface area contributed by atoms with Gasteiger partial charge in [0.15, 0.2) is 0 Å². The number of likely N-dealkylation sites (tertiary alicyclic amines) is 1. The lowest BCUT2D eigenvalue weighted by molar-refractivity contribution is 0.0713. The minimum Gasteiger partial charge on any atom is -0.339 e. The van der Waals surface area contributed by atoms with Crippen molar-refractivity contribution in [3.63, 3.8) is 0 Å². The molecular formula is C25H27N3O3S. The fourth-order valence-corrected chi connectivity index (χ4v) is 4.74. The van der Waals surface area contributed by atoms with Gasteiger partial charge in [-0.25, -0.2) is 8.42 Å². The van der Waals surface area contributed by atoms with Crippen molar-refractivity contribution in [2.24, 2.45) is 0 Å². The van der Waals surface area contributed by atoms with Crippen molar-refractivity contribution >= 4 is 21.6 Å². The van der Waals surface area contributed by atoms with E-state index in [-0.39, 0.29) is 5.91 Å². The smallest absolute Gasteiger partial charge is 0.253 e. The Hall–Kier alpha value is -3.19. The topological polar surface area (TPSA) is 79.4 Å². The second kappa shape index (κ2) is 9.12. The molecule has 1 aromatic heterocycles. The molecular weight excluding hydrogens is 422 g/mol. The molecule has 1 aliphatic rings. The standard InChI is InChI=1S/C25H27N3O3S/c1-18-6-7-22(17-24(18)27-32(2,30)31)25(29)28-15-12-20(13-16-28)19-8-10-21(11-9-19)23-5-3-4-14-26-23/h3-11,14,17,20,27H,12-13,15-16H2,1-2H3. The van der Waals surface area contributed by atoms with Gasteiger partial charge in [-0.2, -0.15) is 0 Å². The Morgan fingerprint density at radius 1 is 1.03 bits per heavy atom. The Morgan fingerprint density at radius 3 is 2.38 bits per heavy atom. The average Bonchev–Trinajstić information content (AvgIpc) is 2.80. The largest absolute Gasteiger partial charge is 0.339 e. The Bertz CT molecular complexity index is 1200. The van der Waals surface area contributed by atoms with Gasteiger partial charge in [0.2, 0.25) is 10.0 Å². The third-order valence-electron chi connectivity index (χ3n) is 5.90. The van der Waals surface area contributed by atoms with E-state index in [1.165, 1.54) is 5.56 Å². The second-order valence-corrected chi connectivity index (χ2v) is 10.1. The summed E-state index contributed by atoms with van der Waals surface area (Å²) in [6, 6.07) is 19.6. The van der Waals surface area contributed by atoms with E-state index in [0.717, 1.165) is 35.9 Å². The summed E-state index contributed by atoms with van der Waals surface area (Å²) in [4.78, 5) is 19.3. The van der Waals surface area contributed by atoms with Crippen molar-refractivity contribution in [2.45, 2.75) is 25.7 Å². The molecule has 4 rings (SSSR count). The van der Waals surface area contributed by atoms with Crippen LogP contribution in [0.5, 0.6) is 0 Å². The van der Waals surface area contributed by atoms with Crippen LogP contribution in [0.4, 0.5) is 5.69 Å². The lowest BCUT2D eigenvalue weighted by atomic mass is 9.88. The molecule has 2 aromatic carbocycles. The quantitative estimate of drug-likeness (QED) is 0.624. The highest BCUT2D eigenvalue weighted by atomic mass is 32.2. The van der Waals surface area contributed by atoms with Crippen LogP contribution in [0.15, 0.2) is 66.9 Å². The normalized spacial score (nSPS) is 14.9. The van der Waals surface area contributed by atoms with Crippen LogP contribution in [0, 0.1) is 6.92 Å². The maximum Gasteiger partial charge on any atom is 0.253 e. The summed E-state index contributed by atoms with van der Waals surface area (Å²) in [6.07, 6.45) is 4.70. The maximum absolute atomic E-state index is 13.0. The Morgan fingerprint density at radius 2 is 1.75 bits per heavy atom. The molecule has 0 saturated carbocycles. The van der Waals surface area contributed by atoms with Gasteiger partial charge < -0.3 is 4.90 Å². The molecule has 3 aromatic rings. The van der Waals surface area contributed by atoms with Crippen LogP contribution in [0.2, 0.25) is 0 Å². The van der Waals surface area contributed by atoms with Crippen molar-refractivity contribution in [3.8, 4) is 11.3 Å². The van der Waals surface area contributed by atoms with Crippen LogP contribution in [0.25, 0.3) is 11.3 Å². The van der Waals surface area contributed by atoms with E-state index >= 15 is 0 Å². The highest BCUT2D eigenvalue weighted by Gasteiger charge is 2.25. The predicted octanol–water partition coefficient (Wildman–Crippen LogP) is 4.45. The minimum atomic E-state index is -3.40. The molecule has 0 radical (unpaired) electrons. The number of carbonyl (C=O) groups excluding carboxylic acids is 1. The molecule has 166 valence electrons. The number of amides is 1. The number of nitrogens with zero attached hydrogens (tertiary/aromatic N) is 2. The summed E-state index contributed by atoms with van der Waals surface area (Å²) < 4.78 is 25.7. The van der Waals surface area contributed by atoms with Gasteiger partial charge in [0.25, 0.3) is 5.91 Å². The molecule has 0 unspecified atom stereocenters. The Labute approximate surface area is 189 Å². The number of rotatable bonds is 5. The molecule has 1 N–H and O–H groups in total. The molecule has 0 spiro atoms. The first kappa shape index (κ1) is 22.0. The van der Waals surface area contributed by atoms with Crippen LogP contribution in [-0.2, 0) is 10.0 Å². The highest BCUT2D eigenvalue weighted by Crippen LogP contribution is 2.30. The molecule has 1 aliphatic heterocycles. The van der Waals surface area contributed by atoms with Crippen molar-refractivity contribution in [3.05, 3.63) is 83.6 Å². The number of anilines is 1. The van der Waals surface area contributed by atoms with Crippen LogP contribution in [0.1, 0.15) is 40.2 Å². The first-order chi connectivity index (χ1) is 15.3. The number of piperidine rings is 1. The molecule has 0 atom stereocenters. The van der Waals surface area contributed by atoms with Gasteiger partial charge in [0.1, 0.15) is 0 Å². The van der Waals surface area contributed by atoms with Crippen molar-refractivity contribution in [2.75, 3.05) is 24.1 Å². The van der Waals surface area contributed by atoms with Gasteiger partial charge in [-0.15, -0.1) is 0 Å². The monoisotopic (exact) mass is 449 g/mol. The summed E-state index contributed by atoms with van der Waals surface area (Å²) >= 11 is 0. The summed E-state index contributed by atoms with van der Waals surface area (Å²) in [6.45, 7) is 3.16. The van der Waals surface area contributed by atoms with E-state index < -0.39 is 10.0 Å². The van der Waals surface area contributed by atoms with Crippen molar-refractivity contribution in [1.29, 1.82) is 0 Å². The van der Waals surface area contributed by atoms with Gasteiger partial charge in [-0.05, 0) is 61.1 Å². The van der Waals surface area contributed by atoms with E-state index in [2.05, 4.69) is 34.0 Å². The number of aromatic nitrogens is 1. The lowest BCUT2D eigenvalue weighted by Gasteiger charge is -2.32. The number of pyridine rings is 1. The minimum absolute atomic E-state index is 0.0644. The molecule has 7 heteroatoms. The van der Waals surface area contributed by atoms with E-state index in [1.54, 1.807) is 24.4 Å². The van der Waals surface area contributed by atoms with Crippen LogP contribution >= 0.6 is 0 Å². The van der Waals surface area contributed by atoms with Gasteiger partial charge in [0, 0.05) is 30.4 Å². The first-order valence-electron chi connectivity index (χ1n) is 10.7. The van der Waals surface area contributed by atoms with Gasteiger partial charge in [-0.1, -0.05) is 36.4 Å². The average molecular weight is 450 g/mol. The Kier molecular flexibility index (Phi) is 6.28. The first-order valence-corrected chi connectivity index (χ1v) is 12.6. The molecule has 1 amide bonds. The number of benzene rings is 2. The number of hydrogen-bond acceptors (Lipinski definition) is 4. The van der Waals surface area contributed by atoms with E-state index in [4.69, 9.17) is 0 Å². The summed E-state index contributed by atoms with van der Waals surface area (Å²) in [7, 11) is -3.40. The SMILES string of the molecule is Cc1ccc(C(=O)N2CCC(c3ccc(-c4ccccn4)cc3)CC2)cc1NS(C)(=O)=O. The molecule has 1 saturated heterocycles. The second-order valence-electron chi connectivity index (χ2n) is 8.31. The van der Waals surface area contributed by atoms with Crippen molar-refractivity contribution in [1.82, 2.24) is 9.88 Å². The van der Waals surface area contributed by atoms with Crippen LogP contribution in [0.3, 0.4) is 0 Å². The fourth-order valence-electron chi connectivity index (χ4n) is 4.12. The Balaban J connectivity index is 1.40. The third kappa shape index (κ3) is 5.16. The van der Waals surface area contributed by atoms with Crippen LogP contribution < -0.4 is 4.72 Å². The summed E-state index contributed by atoms with van der Waals surface area (Å²) in [5.41, 5.74) is 5.06. The number of nitrogens with one attached hydrogen (secondary N) is 1. The molecule has 0 bridgehead atoms. The molecule has 0 aliphatic carbocycles. The molecule has 1 fully saturated rings. The van der Waals surface area contributed by atoms with E-state index in [9.17, 15) is 13.2 Å². The summed E-state index contributed by atoms with van der Waals surface area (Å²) in [5.74, 6) is 0.350. The zero-order chi connectivity index (χ0) is 22.7. The molecule has 32 heavy (non-hydrogen) atoms. The van der Waals surface area contributed by atoms with E-state index in [0.29, 0.717) is 30.3 Å². The molecule has 2 heterocycles. The summed E-state index contributed by atoms with van der Waals surface area (Å²) in [5, 5.41) is 0. The van der Waals surface area contributed by atoms with Crippen molar-refractivity contribution < 1.29 is 13.2 Å². The third-order valence-corrected chi connectivity index (χ3v) is 6.50. The van der Waals surface area contributed by atoms with Gasteiger partial charge in [0.05, 0.1) is 17.6 Å². The maximum atomic E-state index is 13.0. The predicted molar refractivity (Wildman–Crippen MR) is 127 cm³/mol. The number of sulfonamides is 1. The zero-order valence-corrected chi connectivity index (χ0v) is 19.1. The van der Waals surface area contributed by atoms with E-state index in [1.807, 2.05) is 30.0 Å². The van der Waals surface area contributed by atoms with Crippen LogP contribution in [-0.4, -0.2) is 43.6 Å². The fraction of sp³-hybridized carbons (Fsp3) is 0.280. The number of carbonyl (C=O) groups is 1. The lowest BCUT2D eigenvalue weighted by Crippen LogP contribution is -2.38. The number of hydrogen-bond donors (Lipinski definition) is 1. The molecule has 6 nitrogen and oxygen atoms in total. The zero-order valence-electron chi connectivity index (χ0n) is 18.3. The van der Waals surface area contributed by atoms with Gasteiger partial charge >= 0.3 is 0 Å². The highest BCUT2D eigenvalue weighted by molar-refractivity contribution is 7.92. The number of aryl methyl sites for hydroxylation is 1.